The van der Waals surface area contributed by atoms with Crippen molar-refractivity contribution in [2.24, 2.45) is 0 Å². The van der Waals surface area contributed by atoms with Crippen molar-refractivity contribution >= 4 is 5.97 Å². The summed E-state index contributed by atoms with van der Waals surface area (Å²) < 4.78 is 0. The van der Waals surface area contributed by atoms with E-state index in [9.17, 15) is 15.0 Å². The number of carbonyl (C=O) groups is 1. The van der Waals surface area contributed by atoms with Crippen molar-refractivity contribution < 1.29 is 37.2 Å². The van der Waals surface area contributed by atoms with Gasteiger partial charge < -0.3 is 15.3 Å². The molecular weight excluding hydrogens is 396 g/mol. The molecule has 1 N–H and O–H groups in total. The summed E-state index contributed by atoms with van der Waals surface area (Å²) in [5.74, 6) is -0.743. The molecule has 0 atom stereocenters. The summed E-state index contributed by atoms with van der Waals surface area (Å²) in [6.07, 6.45) is 22.7. The number of aliphatic carboxylic acids is 1. The van der Waals surface area contributed by atoms with Gasteiger partial charge in [0, 0.05) is 6.42 Å². The Labute approximate surface area is 179 Å². The molecule has 0 bridgehead atoms. The van der Waals surface area contributed by atoms with Crippen LogP contribution in [0.3, 0.4) is 0 Å². The minimum Gasteiger partial charge on any atom is -0.875 e. The molecule has 0 saturated heterocycles. The van der Waals surface area contributed by atoms with Gasteiger partial charge in [-0.05, 0) is 24.0 Å². The zero-order valence-electron chi connectivity index (χ0n) is 16.5. The summed E-state index contributed by atoms with van der Waals surface area (Å²) in [6.45, 7) is 2.22. The second-order valence-corrected chi connectivity index (χ2v) is 6.61. The Morgan fingerprint density at radius 1 is 0.750 bits per heavy atom. The second kappa shape index (κ2) is 16.0. The minimum absolute atomic E-state index is 0. The van der Waals surface area contributed by atoms with Crippen molar-refractivity contribution in [1.82, 2.24) is 0 Å². The van der Waals surface area contributed by atoms with E-state index in [0.717, 1.165) is 18.4 Å². The molecule has 0 amide bonds. The number of hydrogen-bond acceptors (Lipinski definition) is 3. The smallest absolute Gasteiger partial charge is 0.875 e. The van der Waals surface area contributed by atoms with Crippen LogP contribution >= 0.6 is 0 Å². The number of carboxylic acids is 1. The number of unbranched alkanes of at least 4 members (excludes halogenated alkanes) is 5. The van der Waals surface area contributed by atoms with Gasteiger partial charge in [0.15, 0.2) is 0 Å². The van der Waals surface area contributed by atoms with E-state index in [1.165, 1.54) is 32.1 Å². The van der Waals surface area contributed by atoms with Crippen molar-refractivity contribution in [2.75, 3.05) is 0 Å². The van der Waals surface area contributed by atoms with Gasteiger partial charge in [-0.3, -0.25) is 4.79 Å². The Hall–Kier alpha value is -1.97. The van der Waals surface area contributed by atoms with Crippen molar-refractivity contribution in [1.29, 1.82) is 0 Å². The molecule has 28 heavy (non-hydrogen) atoms. The average molecular weight is 426 g/mol. The summed E-state index contributed by atoms with van der Waals surface area (Å²) in [6, 6.07) is 0. The van der Waals surface area contributed by atoms with Crippen LogP contribution in [0.4, 0.5) is 0 Å². The molecule has 0 aliphatic heterocycles. The van der Waals surface area contributed by atoms with Gasteiger partial charge in [0.1, 0.15) is 0 Å². The Balaban J connectivity index is 0.000000514. The van der Waals surface area contributed by atoms with Crippen LogP contribution in [0.15, 0.2) is 71.3 Å². The van der Waals surface area contributed by atoms with Crippen LogP contribution in [0.1, 0.15) is 64.7 Å². The molecule has 0 heterocycles. The summed E-state index contributed by atoms with van der Waals surface area (Å²) in [5, 5.41) is 31.0. The van der Waals surface area contributed by atoms with Crippen LogP contribution in [0, 0.1) is 0 Å². The first-order chi connectivity index (χ1) is 13.0. The van der Waals surface area contributed by atoms with Gasteiger partial charge in [-0.15, -0.1) is 11.5 Å². The molecule has 0 saturated carbocycles. The molecule has 0 aromatic rings. The van der Waals surface area contributed by atoms with Gasteiger partial charge in [0.2, 0.25) is 0 Å². The zero-order chi connectivity index (χ0) is 19.9. The normalized spacial score (nSPS) is 13.3. The number of allylic oxidation sites excluding steroid dienone is 12. The van der Waals surface area contributed by atoms with Gasteiger partial charge in [-0.1, -0.05) is 94.1 Å². The third kappa shape index (κ3) is 11.7. The Morgan fingerprint density at radius 3 is 1.64 bits per heavy atom. The Bertz CT molecular complexity index is 624. The maximum absolute atomic E-state index is 11.6. The topological polar surface area (TPSA) is 83.4 Å². The van der Waals surface area contributed by atoms with E-state index in [1.807, 2.05) is 24.3 Å². The van der Waals surface area contributed by atoms with Crippen LogP contribution in [-0.4, -0.2) is 11.1 Å². The van der Waals surface area contributed by atoms with E-state index in [4.69, 9.17) is 5.11 Å². The van der Waals surface area contributed by atoms with Crippen molar-refractivity contribution in [3.05, 3.63) is 71.3 Å². The van der Waals surface area contributed by atoms with E-state index in [0.29, 0.717) is 11.3 Å². The summed E-state index contributed by atoms with van der Waals surface area (Å²) in [7, 11) is 0. The molecule has 5 heteroatoms. The first kappa shape index (κ1) is 26.0. The van der Waals surface area contributed by atoms with Crippen molar-refractivity contribution in [2.45, 2.75) is 64.7 Å². The molecule has 0 aromatic carbocycles. The molecule has 2 aliphatic carbocycles. The number of rotatable bonds is 10. The average Bonchev–Trinajstić information content (AvgIpc) is 3.36. The Kier molecular flexibility index (Phi) is 14.9. The molecule has 154 valence electrons. The van der Waals surface area contributed by atoms with Gasteiger partial charge >= 0.3 is 23.0 Å². The fourth-order valence-electron chi connectivity index (χ4n) is 2.69. The van der Waals surface area contributed by atoms with Gasteiger partial charge in [-0.25, -0.2) is 0 Å². The quantitative estimate of drug-likeness (QED) is 0.324. The largest absolute Gasteiger partial charge is 2.00 e. The zero-order valence-corrected chi connectivity index (χ0v) is 17.6. The summed E-state index contributed by atoms with van der Waals surface area (Å²) >= 11 is 0. The Morgan fingerprint density at radius 2 is 1.18 bits per heavy atom. The molecule has 0 radical (unpaired) electrons. The van der Waals surface area contributed by atoms with E-state index >= 15 is 0 Å². The minimum atomic E-state index is -0.935. The van der Waals surface area contributed by atoms with Crippen LogP contribution in [0.25, 0.3) is 0 Å². The van der Waals surface area contributed by atoms with Crippen LogP contribution in [0.5, 0.6) is 0 Å². The maximum atomic E-state index is 11.6. The monoisotopic (exact) mass is 426 g/mol. The molecule has 0 spiro atoms. The second-order valence-electron chi connectivity index (χ2n) is 6.61. The maximum Gasteiger partial charge on any atom is 2.00 e. The molecule has 0 fully saturated rings. The van der Waals surface area contributed by atoms with Crippen molar-refractivity contribution in [3.63, 3.8) is 0 Å². The predicted molar refractivity (Wildman–Crippen MR) is 105 cm³/mol. The van der Waals surface area contributed by atoms with E-state index in [1.54, 1.807) is 24.3 Å². The molecule has 0 unspecified atom stereocenters. The SMILES string of the molecule is CCCCCCCCC([O-])=C1C=CC=C1.O=C(O)CCC([O-])=C1C=CC=C1.[Fe+2]. The first-order valence-corrected chi connectivity index (χ1v) is 9.76. The van der Waals surface area contributed by atoms with E-state index < -0.39 is 5.97 Å². The number of carboxylic acid groups (broad SMARTS) is 1. The standard InChI is InChI=1S/C14H22O.C9H10O3.Fe/c1-2-3-4-5-6-7-12-14(15)13-10-8-9-11-13;10-8(5-6-9(11)12)7-3-1-2-4-7;/h8-11,15H,2-7,12H2,1H3;1-4,10H,5-6H2,(H,11,12);/q;;+2/p-2. The summed E-state index contributed by atoms with van der Waals surface area (Å²) in [4.78, 5) is 10.1. The number of hydrogen-bond donors (Lipinski definition) is 1. The first-order valence-electron chi connectivity index (χ1n) is 9.76. The van der Waals surface area contributed by atoms with E-state index in [-0.39, 0.29) is 35.7 Å². The fourth-order valence-corrected chi connectivity index (χ4v) is 2.69. The van der Waals surface area contributed by atoms with Gasteiger partial charge in [0.25, 0.3) is 0 Å². The third-order valence-electron chi connectivity index (χ3n) is 4.29. The molecular formula is C23H30FeO4. The molecule has 0 aromatic heterocycles. The third-order valence-corrected chi connectivity index (χ3v) is 4.29. The van der Waals surface area contributed by atoms with Gasteiger partial charge in [0.05, 0.1) is 0 Å². The van der Waals surface area contributed by atoms with Crippen LogP contribution in [0.2, 0.25) is 0 Å². The fraction of sp³-hybridized carbons (Fsp3) is 0.435. The predicted octanol–water partition coefficient (Wildman–Crippen LogP) is 4.07. The molecule has 4 nitrogen and oxygen atoms in total. The van der Waals surface area contributed by atoms with Crippen molar-refractivity contribution in [3.8, 4) is 0 Å². The van der Waals surface area contributed by atoms with E-state index in [2.05, 4.69) is 6.92 Å². The van der Waals surface area contributed by atoms with Gasteiger partial charge in [-0.2, -0.15) is 0 Å². The molecule has 2 aliphatic rings. The molecule has 2 rings (SSSR count). The van der Waals surface area contributed by atoms with Crippen LogP contribution < -0.4 is 10.2 Å². The van der Waals surface area contributed by atoms with Crippen LogP contribution in [-0.2, 0) is 21.9 Å². The summed E-state index contributed by atoms with van der Waals surface area (Å²) in [5.41, 5.74) is 1.47.